The van der Waals surface area contributed by atoms with Crippen molar-refractivity contribution in [2.45, 2.75) is 111 Å². The van der Waals surface area contributed by atoms with Crippen LogP contribution in [-0.2, 0) is 19.1 Å². The minimum absolute atomic E-state index is 0.0752. The topological polar surface area (TPSA) is 52.6 Å². The van der Waals surface area contributed by atoms with Crippen LogP contribution in [0.25, 0.3) is 0 Å². The molecule has 1 saturated heterocycles. The Morgan fingerprint density at radius 1 is 1.27 bits per heavy atom. The molecule has 5 rings (SSSR count). The molecule has 0 amide bonds. The Morgan fingerprint density at radius 3 is 2.79 bits per heavy atom. The second-order valence-electron chi connectivity index (χ2n) is 12.8. The molecule has 11 atom stereocenters. The van der Waals surface area contributed by atoms with Crippen LogP contribution in [0, 0.1) is 46.3 Å². The summed E-state index contributed by atoms with van der Waals surface area (Å²) in [5, 5.41) is 0. The molecule has 4 heteroatoms. The summed E-state index contributed by atoms with van der Waals surface area (Å²) >= 11 is 0. The van der Waals surface area contributed by atoms with E-state index < -0.39 is 0 Å². The van der Waals surface area contributed by atoms with Gasteiger partial charge in [-0.3, -0.25) is 4.79 Å². The van der Waals surface area contributed by atoms with Gasteiger partial charge in [0.1, 0.15) is 12.4 Å². The second-order valence-corrected chi connectivity index (χ2v) is 12.8. The van der Waals surface area contributed by atoms with Crippen molar-refractivity contribution in [2.75, 3.05) is 0 Å². The first kappa shape index (κ1) is 23.6. The summed E-state index contributed by atoms with van der Waals surface area (Å²) in [6, 6.07) is 0. The summed E-state index contributed by atoms with van der Waals surface area (Å²) < 4.78 is 12.3. The van der Waals surface area contributed by atoms with Crippen molar-refractivity contribution < 1.29 is 19.1 Å². The third-order valence-corrected chi connectivity index (χ3v) is 11.1. The van der Waals surface area contributed by atoms with Crippen molar-refractivity contribution in [3.8, 4) is 0 Å². The first-order valence-electron chi connectivity index (χ1n) is 13.6. The predicted molar refractivity (Wildman–Crippen MR) is 128 cm³/mol. The summed E-state index contributed by atoms with van der Waals surface area (Å²) in [5.41, 5.74) is 2.22. The van der Waals surface area contributed by atoms with E-state index in [4.69, 9.17) is 9.47 Å². The lowest BCUT2D eigenvalue weighted by Crippen LogP contribution is -2.51. The Hall–Kier alpha value is -1.16. The Kier molecular flexibility index (Phi) is 6.07. The fourth-order valence-corrected chi connectivity index (χ4v) is 9.48. The smallest absolute Gasteiger partial charge is 0.302 e. The Balaban J connectivity index is 1.32. The molecule has 0 radical (unpaired) electrons. The van der Waals surface area contributed by atoms with Crippen molar-refractivity contribution in [3.05, 3.63) is 11.6 Å². The van der Waals surface area contributed by atoms with E-state index in [1.54, 1.807) is 5.57 Å². The molecular weight excluding hydrogens is 412 g/mol. The van der Waals surface area contributed by atoms with Crippen molar-refractivity contribution in [1.29, 1.82) is 0 Å². The number of carbonyl (C=O) groups is 2. The van der Waals surface area contributed by atoms with Gasteiger partial charge in [-0.25, -0.2) is 0 Å². The van der Waals surface area contributed by atoms with Gasteiger partial charge in [-0.1, -0.05) is 39.3 Å². The third kappa shape index (κ3) is 3.74. The van der Waals surface area contributed by atoms with Gasteiger partial charge in [-0.15, -0.1) is 0 Å². The highest BCUT2D eigenvalue weighted by Crippen LogP contribution is 2.69. The number of esters is 1. The second kappa shape index (κ2) is 8.50. The molecule has 0 N–H and O–H groups in total. The molecule has 1 heterocycles. The van der Waals surface area contributed by atoms with Gasteiger partial charge in [0.05, 0.1) is 12.2 Å². The van der Waals surface area contributed by atoms with Crippen molar-refractivity contribution in [2.24, 2.45) is 46.3 Å². The van der Waals surface area contributed by atoms with Gasteiger partial charge >= 0.3 is 5.97 Å². The zero-order valence-corrected chi connectivity index (χ0v) is 21.3. The molecule has 33 heavy (non-hydrogen) atoms. The SMILES string of the molecule is CC(=O)O[C@H]1CC[C@@]2(C)C(=CC[C@H]3[C@@H]4C[C@@H]5O[C@H](CC[C@@H](C)C=O)[C@@H](C)[C@@H]5[C@@]4(C)CC[C@@H]32)C1. The van der Waals surface area contributed by atoms with E-state index in [1.807, 2.05) is 6.92 Å². The lowest BCUT2D eigenvalue weighted by molar-refractivity contribution is -0.148. The first-order valence-corrected chi connectivity index (χ1v) is 13.6. The van der Waals surface area contributed by atoms with Gasteiger partial charge in [-0.2, -0.15) is 0 Å². The standard InChI is InChI=1S/C29H44O4/c1-17(16-30)6-9-25-18(2)27-26(33-25)15-24-22-8-7-20-14-21(32-19(3)31)10-12-28(20,4)23(22)11-13-29(24,27)5/h7,16-18,21-27H,6,8-15H2,1-5H3/t17-,18-,21+,22-,23+,24+,25-,26+,27+,28+,29+/m1/s1. The Labute approximate surface area is 200 Å². The molecule has 3 saturated carbocycles. The highest BCUT2D eigenvalue weighted by molar-refractivity contribution is 5.66. The lowest BCUT2D eigenvalue weighted by Gasteiger charge is -2.58. The molecule has 4 fully saturated rings. The number of aldehydes is 1. The average molecular weight is 457 g/mol. The molecule has 1 aliphatic heterocycles. The quantitative estimate of drug-likeness (QED) is 0.284. The monoisotopic (exact) mass is 456 g/mol. The van der Waals surface area contributed by atoms with Gasteiger partial charge in [0, 0.05) is 19.3 Å². The van der Waals surface area contributed by atoms with E-state index in [1.165, 1.54) is 32.6 Å². The zero-order chi connectivity index (χ0) is 23.5. The van der Waals surface area contributed by atoms with Crippen LogP contribution in [0.3, 0.4) is 0 Å². The minimum atomic E-state index is -0.142. The normalized spacial score (nSPS) is 49.2. The summed E-state index contributed by atoms with van der Waals surface area (Å²) in [6.45, 7) is 11.1. The van der Waals surface area contributed by atoms with Crippen molar-refractivity contribution in [3.63, 3.8) is 0 Å². The van der Waals surface area contributed by atoms with E-state index in [2.05, 4.69) is 26.8 Å². The molecule has 0 spiro atoms. The number of hydrogen-bond donors (Lipinski definition) is 0. The molecule has 4 aliphatic carbocycles. The number of fused-ring (bicyclic) bond motifs is 7. The van der Waals surface area contributed by atoms with Crippen LogP contribution in [0.2, 0.25) is 0 Å². The van der Waals surface area contributed by atoms with Crippen LogP contribution in [-0.4, -0.2) is 30.6 Å². The van der Waals surface area contributed by atoms with Crippen LogP contribution in [0.5, 0.6) is 0 Å². The van der Waals surface area contributed by atoms with Crippen LogP contribution >= 0.6 is 0 Å². The van der Waals surface area contributed by atoms with Crippen LogP contribution < -0.4 is 0 Å². The number of allylic oxidation sites excluding steroid dienone is 1. The van der Waals surface area contributed by atoms with Crippen LogP contribution in [0.15, 0.2) is 11.6 Å². The van der Waals surface area contributed by atoms with Gasteiger partial charge in [0.2, 0.25) is 0 Å². The molecule has 4 nitrogen and oxygen atoms in total. The summed E-state index contributed by atoms with van der Waals surface area (Å²) in [7, 11) is 0. The highest BCUT2D eigenvalue weighted by Gasteiger charge is 2.65. The number of hydrogen-bond acceptors (Lipinski definition) is 4. The average Bonchev–Trinajstić information content (AvgIpc) is 3.25. The van der Waals surface area contributed by atoms with Crippen molar-refractivity contribution in [1.82, 2.24) is 0 Å². The van der Waals surface area contributed by atoms with E-state index in [9.17, 15) is 9.59 Å². The zero-order valence-electron chi connectivity index (χ0n) is 21.3. The molecule has 0 aromatic carbocycles. The van der Waals surface area contributed by atoms with E-state index in [0.717, 1.165) is 56.1 Å². The van der Waals surface area contributed by atoms with E-state index >= 15 is 0 Å². The largest absolute Gasteiger partial charge is 0.462 e. The van der Waals surface area contributed by atoms with Crippen LogP contribution in [0.1, 0.15) is 92.4 Å². The first-order chi connectivity index (χ1) is 15.7. The number of ether oxygens (including phenoxy) is 2. The number of carbonyl (C=O) groups excluding carboxylic acids is 2. The maximum atomic E-state index is 11.5. The predicted octanol–water partition coefficient (Wildman–Crippen LogP) is 6.13. The molecule has 0 aromatic heterocycles. The highest BCUT2D eigenvalue weighted by atomic mass is 16.5. The lowest BCUT2D eigenvalue weighted by atomic mass is 9.47. The van der Waals surface area contributed by atoms with E-state index in [0.29, 0.717) is 29.5 Å². The molecule has 184 valence electrons. The fraction of sp³-hybridized carbons (Fsp3) is 0.862. The van der Waals surface area contributed by atoms with Gasteiger partial charge in [-0.05, 0) is 91.8 Å². The number of rotatable bonds is 5. The fourth-order valence-electron chi connectivity index (χ4n) is 9.48. The van der Waals surface area contributed by atoms with Crippen molar-refractivity contribution >= 4 is 12.3 Å². The minimum Gasteiger partial charge on any atom is -0.462 e. The molecule has 0 bridgehead atoms. The molecule has 0 aromatic rings. The summed E-state index contributed by atoms with van der Waals surface area (Å²) in [6.07, 6.45) is 14.6. The van der Waals surface area contributed by atoms with Gasteiger partial charge in [0.25, 0.3) is 0 Å². The summed E-state index contributed by atoms with van der Waals surface area (Å²) in [4.78, 5) is 22.6. The molecular formula is C29H44O4. The molecule has 5 aliphatic rings. The Morgan fingerprint density at radius 2 is 2.06 bits per heavy atom. The summed E-state index contributed by atoms with van der Waals surface area (Å²) in [5.74, 6) is 3.52. The molecule has 0 unspecified atom stereocenters. The third-order valence-electron chi connectivity index (χ3n) is 11.1. The van der Waals surface area contributed by atoms with E-state index in [-0.39, 0.29) is 23.4 Å². The Bertz CT molecular complexity index is 818. The van der Waals surface area contributed by atoms with Crippen LogP contribution in [0.4, 0.5) is 0 Å². The maximum Gasteiger partial charge on any atom is 0.302 e. The maximum absolute atomic E-state index is 11.5. The van der Waals surface area contributed by atoms with Gasteiger partial charge < -0.3 is 14.3 Å². The van der Waals surface area contributed by atoms with Gasteiger partial charge in [0.15, 0.2) is 0 Å².